The van der Waals surface area contributed by atoms with Crippen molar-refractivity contribution in [3.05, 3.63) is 29.8 Å². The highest BCUT2D eigenvalue weighted by Gasteiger charge is 2.48. The molecule has 2 N–H and O–H groups in total. The Bertz CT molecular complexity index is 682. The van der Waals surface area contributed by atoms with Gasteiger partial charge in [0.2, 0.25) is 15.9 Å². The van der Waals surface area contributed by atoms with Gasteiger partial charge in [-0.25, -0.2) is 12.7 Å². The molecule has 0 heterocycles. The van der Waals surface area contributed by atoms with Gasteiger partial charge in [-0.05, 0) is 24.1 Å². The van der Waals surface area contributed by atoms with Crippen LogP contribution < -0.4 is 5.32 Å². The molecule has 0 aromatic heterocycles. The minimum Gasteiger partial charge on any atom is -0.481 e. The van der Waals surface area contributed by atoms with Gasteiger partial charge in [0, 0.05) is 20.6 Å². The molecule has 1 aromatic rings. The largest absolute Gasteiger partial charge is 0.481 e. The summed E-state index contributed by atoms with van der Waals surface area (Å²) in [6.07, 6.45) is 0.376. The van der Waals surface area contributed by atoms with Crippen molar-refractivity contribution < 1.29 is 23.1 Å². The van der Waals surface area contributed by atoms with Crippen molar-refractivity contribution in [1.82, 2.24) is 9.62 Å². The first-order chi connectivity index (χ1) is 10.2. The van der Waals surface area contributed by atoms with E-state index in [2.05, 4.69) is 5.32 Å². The molecule has 7 nitrogen and oxygen atoms in total. The van der Waals surface area contributed by atoms with Gasteiger partial charge >= 0.3 is 5.97 Å². The van der Waals surface area contributed by atoms with Gasteiger partial charge in [-0.1, -0.05) is 12.1 Å². The van der Waals surface area contributed by atoms with Gasteiger partial charge < -0.3 is 10.4 Å². The van der Waals surface area contributed by atoms with E-state index in [1.54, 1.807) is 12.1 Å². The van der Waals surface area contributed by atoms with Gasteiger partial charge in [0.05, 0.1) is 16.7 Å². The zero-order chi connectivity index (χ0) is 16.5. The van der Waals surface area contributed by atoms with Gasteiger partial charge in [0.25, 0.3) is 0 Å². The first-order valence-electron chi connectivity index (χ1n) is 6.75. The smallest absolute Gasteiger partial charge is 0.307 e. The van der Waals surface area contributed by atoms with Crippen molar-refractivity contribution >= 4 is 21.9 Å². The number of carbonyl (C=O) groups is 2. The molecule has 1 aliphatic rings. The van der Waals surface area contributed by atoms with E-state index < -0.39 is 27.8 Å². The van der Waals surface area contributed by atoms with Crippen LogP contribution in [0.4, 0.5) is 0 Å². The maximum atomic E-state index is 11.9. The van der Waals surface area contributed by atoms with E-state index in [-0.39, 0.29) is 17.3 Å². The molecule has 0 radical (unpaired) electrons. The minimum absolute atomic E-state index is 0.181. The van der Waals surface area contributed by atoms with Gasteiger partial charge in [-0.2, -0.15) is 0 Å². The number of nitrogens with one attached hydrogen (secondary N) is 1. The summed E-state index contributed by atoms with van der Waals surface area (Å²) in [6.45, 7) is 0.240. The third kappa shape index (κ3) is 3.45. The summed E-state index contributed by atoms with van der Waals surface area (Å²) in [7, 11) is -0.552. The number of amides is 1. The Morgan fingerprint density at radius 2 is 1.82 bits per heavy atom. The van der Waals surface area contributed by atoms with Crippen molar-refractivity contribution in [3.8, 4) is 0 Å². The molecule has 2 atom stereocenters. The van der Waals surface area contributed by atoms with Crippen LogP contribution in [0.15, 0.2) is 29.2 Å². The Hall–Kier alpha value is -1.93. The van der Waals surface area contributed by atoms with Gasteiger partial charge in [0.15, 0.2) is 0 Å². The molecule has 8 heteroatoms. The first kappa shape index (κ1) is 16.4. The number of sulfonamides is 1. The third-order valence-electron chi connectivity index (χ3n) is 3.61. The Labute approximate surface area is 129 Å². The maximum Gasteiger partial charge on any atom is 0.307 e. The average Bonchev–Trinajstić information content (AvgIpc) is 3.25. The fourth-order valence-electron chi connectivity index (χ4n) is 2.07. The summed E-state index contributed by atoms with van der Waals surface area (Å²) < 4.78 is 24.9. The topological polar surface area (TPSA) is 104 Å². The number of rotatable bonds is 6. The molecule has 22 heavy (non-hydrogen) atoms. The lowest BCUT2D eigenvalue weighted by Gasteiger charge is -2.11. The van der Waals surface area contributed by atoms with E-state index >= 15 is 0 Å². The molecule has 0 spiro atoms. The summed E-state index contributed by atoms with van der Waals surface area (Å²) in [5.41, 5.74) is 0.749. The quantitative estimate of drug-likeness (QED) is 0.781. The number of nitrogens with zero attached hydrogens (tertiary/aromatic N) is 1. The Morgan fingerprint density at radius 3 is 2.27 bits per heavy atom. The summed E-state index contributed by atoms with van der Waals surface area (Å²) in [5, 5.41) is 11.4. The number of carbonyl (C=O) groups excluding carboxylic acids is 1. The number of hydrogen-bond donors (Lipinski definition) is 2. The van der Waals surface area contributed by atoms with E-state index in [4.69, 9.17) is 5.11 Å². The summed E-state index contributed by atoms with van der Waals surface area (Å²) in [5.74, 6) is -2.26. The van der Waals surface area contributed by atoms with Crippen LogP contribution in [-0.2, 0) is 26.2 Å². The van der Waals surface area contributed by atoms with Crippen LogP contribution in [0.5, 0.6) is 0 Å². The summed E-state index contributed by atoms with van der Waals surface area (Å²) >= 11 is 0. The number of carboxylic acids is 1. The standard InChI is InChI=1S/C14H18N2O5S/c1-16(2)22(20,21)10-5-3-9(4-6-10)8-15-13(17)11-7-12(11)14(18)19/h3-6,11-12H,7-8H2,1-2H3,(H,15,17)(H,18,19). The van der Waals surface area contributed by atoms with E-state index in [0.29, 0.717) is 6.42 Å². The SMILES string of the molecule is CN(C)S(=O)(=O)c1ccc(CNC(=O)C2CC2C(=O)O)cc1. The molecule has 1 aromatic carbocycles. The van der Waals surface area contributed by atoms with Gasteiger partial charge in [-0.15, -0.1) is 0 Å². The number of benzene rings is 1. The molecule has 2 unspecified atom stereocenters. The molecular weight excluding hydrogens is 308 g/mol. The second kappa shape index (κ2) is 6.05. The molecule has 120 valence electrons. The highest BCUT2D eigenvalue weighted by atomic mass is 32.2. The predicted octanol–water partition coefficient (Wildman–Crippen LogP) is 0.274. The predicted molar refractivity (Wildman–Crippen MR) is 78.4 cm³/mol. The average molecular weight is 326 g/mol. The molecule has 1 amide bonds. The lowest BCUT2D eigenvalue weighted by molar-refractivity contribution is -0.140. The normalized spacial score (nSPS) is 20.7. The van der Waals surface area contributed by atoms with Crippen LogP contribution in [0, 0.1) is 11.8 Å². The number of hydrogen-bond acceptors (Lipinski definition) is 4. The van der Waals surface area contributed by atoms with Crippen molar-refractivity contribution in [2.45, 2.75) is 17.9 Å². The second-order valence-electron chi connectivity index (χ2n) is 5.44. The molecule has 0 bridgehead atoms. The number of carboxylic acid groups (broad SMARTS) is 1. The van der Waals surface area contributed by atoms with E-state index in [1.807, 2.05) is 0 Å². The zero-order valence-corrected chi connectivity index (χ0v) is 13.1. The molecule has 1 aliphatic carbocycles. The Morgan fingerprint density at radius 1 is 1.23 bits per heavy atom. The van der Waals surface area contributed by atoms with E-state index in [9.17, 15) is 18.0 Å². The lowest BCUT2D eigenvalue weighted by Crippen LogP contribution is -2.26. The van der Waals surface area contributed by atoms with Crippen molar-refractivity contribution in [2.75, 3.05) is 14.1 Å². The fourth-order valence-corrected chi connectivity index (χ4v) is 2.97. The van der Waals surface area contributed by atoms with Gasteiger partial charge in [-0.3, -0.25) is 9.59 Å². The van der Waals surface area contributed by atoms with E-state index in [0.717, 1.165) is 9.87 Å². The fraction of sp³-hybridized carbons (Fsp3) is 0.429. The summed E-state index contributed by atoms with van der Waals surface area (Å²) in [4.78, 5) is 22.6. The monoisotopic (exact) mass is 326 g/mol. The second-order valence-corrected chi connectivity index (χ2v) is 7.59. The van der Waals surface area contributed by atoms with Crippen molar-refractivity contribution in [1.29, 1.82) is 0 Å². The minimum atomic E-state index is -3.46. The highest BCUT2D eigenvalue weighted by Crippen LogP contribution is 2.38. The lowest BCUT2D eigenvalue weighted by atomic mass is 10.2. The first-order valence-corrected chi connectivity index (χ1v) is 8.19. The molecule has 0 aliphatic heterocycles. The molecular formula is C14H18N2O5S. The molecule has 1 fully saturated rings. The van der Waals surface area contributed by atoms with Crippen LogP contribution in [-0.4, -0.2) is 43.8 Å². The zero-order valence-electron chi connectivity index (χ0n) is 12.3. The van der Waals surface area contributed by atoms with Crippen molar-refractivity contribution in [2.24, 2.45) is 11.8 Å². The molecule has 2 rings (SSSR count). The van der Waals surface area contributed by atoms with Crippen LogP contribution >= 0.6 is 0 Å². The van der Waals surface area contributed by atoms with Crippen LogP contribution in [0.25, 0.3) is 0 Å². The van der Waals surface area contributed by atoms with E-state index in [1.165, 1.54) is 26.2 Å². The molecule has 1 saturated carbocycles. The highest BCUT2D eigenvalue weighted by molar-refractivity contribution is 7.89. The Balaban J connectivity index is 1.93. The van der Waals surface area contributed by atoms with Crippen molar-refractivity contribution in [3.63, 3.8) is 0 Å². The Kier molecular flexibility index (Phi) is 4.52. The number of aliphatic carboxylic acids is 1. The van der Waals surface area contributed by atoms with Gasteiger partial charge in [0.1, 0.15) is 0 Å². The molecule has 0 saturated heterocycles. The third-order valence-corrected chi connectivity index (χ3v) is 5.44. The maximum absolute atomic E-state index is 11.9. The van der Waals surface area contributed by atoms with Crippen LogP contribution in [0.3, 0.4) is 0 Å². The summed E-state index contributed by atoms with van der Waals surface area (Å²) in [6, 6.07) is 6.21. The van der Waals surface area contributed by atoms with Crippen LogP contribution in [0.1, 0.15) is 12.0 Å². The van der Waals surface area contributed by atoms with Crippen LogP contribution in [0.2, 0.25) is 0 Å².